The summed E-state index contributed by atoms with van der Waals surface area (Å²) in [6.07, 6.45) is 4.33. The third kappa shape index (κ3) is 5.72. The van der Waals surface area contributed by atoms with Gasteiger partial charge in [0.05, 0.1) is 5.69 Å². The molecule has 7 heteroatoms. The van der Waals surface area contributed by atoms with Gasteiger partial charge < -0.3 is 19.5 Å². The van der Waals surface area contributed by atoms with Crippen molar-refractivity contribution >= 4 is 28.7 Å². The Morgan fingerprint density at radius 3 is 2.70 bits per heavy atom. The number of hydrogen-bond acceptors (Lipinski definition) is 5. The molecule has 33 heavy (non-hydrogen) atoms. The van der Waals surface area contributed by atoms with Gasteiger partial charge in [0.15, 0.2) is 5.58 Å². The van der Waals surface area contributed by atoms with Crippen molar-refractivity contribution in [1.29, 1.82) is 0 Å². The molecular formula is C26H31N3O4. The van der Waals surface area contributed by atoms with Crippen LogP contribution in [0.15, 0.2) is 53.1 Å². The molecule has 1 fully saturated rings. The molecule has 2 heterocycles. The second kappa shape index (κ2) is 9.65. The van der Waals surface area contributed by atoms with E-state index in [-0.39, 0.29) is 18.0 Å². The lowest BCUT2D eigenvalue weighted by Gasteiger charge is -2.36. The molecule has 0 saturated carbocycles. The quantitative estimate of drug-likeness (QED) is 0.532. The summed E-state index contributed by atoms with van der Waals surface area (Å²) in [6.45, 7) is 6.40. The molecule has 3 aromatic rings. The Hall–Kier alpha value is -3.35. The van der Waals surface area contributed by atoms with Crippen LogP contribution in [0.25, 0.3) is 11.0 Å². The molecule has 1 aliphatic rings. The van der Waals surface area contributed by atoms with Crippen LogP contribution in [0, 0.1) is 0 Å². The van der Waals surface area contributed by atoms with Gasteiger partial charge in [-0.25, -0.2) is 4.79 Å². The third-order valence-corrected chi connectivity index (χ3v) is 5.81. The standard InChI is InChI=1S/C26H31N3O4/c1-26(2,3)32-25(31)29-16-8-7-11-20(29)13-15-22-21-14-12-19(17-23(21)33-28-22)27-24(30)18-9-5-4-6-10-18/h4-6,9-10,12,14,17,20H,7-8,11,13,15-16H2,1-3H3,(H,27,30). The number of benzene rings is 2. The highest BCUT2D eigenvalue weighted by molar-refractivity contribution is 6.05. The first-order valence-electron chi connectivity index (χ1n) is 11.5. The number of amides is 2. The summed E-state index contributed by atoms with van der Waals surface area (Å²) >= 11 is 0. The number of nitrogens with one attached hydrogen (secondary N) is 1. The summed E-state index contributed by atoms with van der Waals surface area (Å²) in [4.78, 5) is 26.9. The Morgan fingerprint density at radius 2 is 1.94 bits per heavy atom. The number of carbonyl (C=O) groups is 2. The number of piperidine rings is 1. The second-order valence-corrected chi connectivity index (χ2v) is 9.52. The molecule has 0 bridgehead atoms. The van der Waals surface area contributed by atoms with E-state index < -0.39 is 5.60 Å². The zero-order valence-electron chi connectivity index (χ0n) is 19.5. The van der Waals surface area contributed by atoms with Crippen molar-refractivity contribution in [3.05, 3.63) is 59.8 Å². The Labute approximate surface area is 194 Å². The van der Waals surface area contributed by atoms with Crippen LogP contribution in [-0.4, -0.2) is 40.2 Å². The lowest BCUT2D eigenvalue weighted by atomic mass is 9.97. The largest absolute Gasteiger partial charge is 0.444 e. The maximum atomic E-state index is 12.7. The predicted molar refractivity (Wildman–Crippen MR) is 127 cm³/mol. The minimum atomic E-state index is -0.505. The van der Waals surface area contributed by atoms with Crippen molar-refractivity contribution in [1.82, 2.24) is 10.1 Å². The number of fused-ring (bicyclic) bond motifs is 1. The summed E-state index contributed by atoms with van der Waals surface area (Å²) in [5.41, 5.74) is 2.24. The minimum Gasteiger partial charge on any atom is -0.444 e. The van der Waals surface area contributed by atoms with Crippen molar-refractivity contribution in [2.75, 3.05) is 11.9 Å². The van der Waals surface area contributed by atoms with Crippen LogP contribution in [0.3, 0.4) is 0 Å². The number of rotatable bonds is 5. The van der Waals surface area contributed by atoms with Gasteiger partial charge in [0.1, 0.15) is 5.60 Å². The number of ether oxygens (including phenoxy) is 1. The fourth-order valence-electron chi connectivity index (χ4n) is 4.21. The predicted octanol–water partition coefficient (Wildman–Crippen LogP) is 5.80. The zero-order chi connectivity index (χ0) is 23.4. The van der Waals surface area contributed by atoms with E-state index in [9.17, 15) is 9.59 Å². The summed E-state index contributed by atoms with van der Waals surface area (Å²) in [6, 6.07) is 14.8. The first kappa shape index (κ1) is 22.8. The van der Waals surface area contributed by atoms with Crippen molar-refractivity contribution in [3.8, 4) is 0 Å². The monoisotopic (exact) mass is 449 g/mol. The Balaban J connectivity index is 1.41. The maximum Gasteiger partial charge on any atom is 0.410 e. The third-order valence-electron chi connectivity index (χ3n) is 5.81. The summed E-state index contributed by atoms with van der Waals surface area (Å²) < 4.78 is 11.2. The molecular weight excluding hydrogens is 418 g/mol. The van der Waals surface area contributed by atoms with E-state index in [1.165, 1.54) is 0 Å². The SMILES string of the molecule is CC(C)(C)OC(=O)N1CCCCC1CCc1noc2cc(NC(=O)c3ccccc3)ccc12. The maximum absolute atomic E-state index is 12.7. The molecule has 1 N–H and O–H groups in total. The molecule has 1 atom stereocenters. The summed E-state index contributed by atoms with van der Waals surface area (Å²) in [5.74, 6) is -0.172. The fraction of sp³-hybridized carbons (Fsp3) is 0.423. The number of anilines is 1. The van der Waals surface area contributed by atoms with E-state index in [4.69, 9.17) is 9.26 Å². The van der Waals surface area contributed by atoms with E-state index in [0.29, 0.717) is 23.3 Å². The van der Waals surface area contributed by atoms with Crippen molar-refractivity contribution in [2.45, 2.75) is 64.5 Å². The van der Waals surface area contributed by atoms with Gasteiger partial charge in [-0.15, -0.1) is 0 Å². The number of nitrogens with zero attached hydrogens (tertiary/aromatic N) is 2. The molecule has 4 rings (SSSR count). The van der Waals surface area contributed by atoms with Gasteiger partial charge in [0.2, 0.25) is 0 Å². The van der Waals surface area contributed by atoms with Crippen LogP contribution in [0.1, 0.15) is 62.5 Å². The van der Waals surface area contributed by atoms with Gasteiger partial charge >= 0.3 is 6.09 Å². The van der Waals surface area contributed by atoms with Gasteiger partial charge in [-0.3, -0.25) is 4.79 Å². The molecule has 2 amide bonds. The van der Waals surface area contributed by atoms with E-state index >= 15 is 0 Å². The number of aromatic nitrogens is 1. The van der Waals surface area contributed by atoms with Crippen LogP contribution in [0.4, 0.5) is 10.5 Å². The second-order valence-electron chi connectivity index (χ2n) is 9.52. The number of carbonyl (C=O) groups excluding carboxylic acids is 2. The van der Waals surface area contributed by atoms with E-state index in [1.54, 1.807) is 18.2 Å². The van der Waals surface area contributed by atoms with E-state index in [1.807, 2.05) is 56.0 Å². The zero-order valence-corrected chi connectivity index (χ0v) is 19.5. The first-order valence-corrected chi connectivity index (χ1v) is 11.5. The number of aryl methyl sites for hydroxylation is 1. The Kier molecular flexibility index (Phi) is 6.67. The first-order chi connectivity index (χ1) is 15.8. The van der Waals surface area contributed by atoms with Gasteiger partial charge in [-0.1, -0.05) is 23.4 Å². The van der Waals surface area contributed by atoms with Crippen LogP contribution in [0.5, 0.6) is 0 Å². The molecule has 2 aromatic carbocycles. The van der Waals surface area contributed by atoms with Gasteiger partial charge in [0.25, 0.3) is 5.91 Å². The molecule has 7 nitrogen and oxygen atoms in total. The van der Waals surface area contributed by atoms with E-state index in [0.717, 1.165) is 43.3 Å². The molecule has 1 unspecified atom stereocenters. The van der Waals surface area contributed by atoms with Crippen molar-refractivity contribution in [2.24, 2.45) is 0 Å². The molecule has 1 aromatic heterocycles. The van der Waals surface area contributed by atoms with E-state index in [2.05, 4.69) is 10.5 Å². The number of hydrogen-bond donors (Lipinski definition) is 1. The van der Waals surface area contributed by atoms with Gasteiger partial charge in [0, 0.05) is 35.3 Å². The van der Waals surface area contributed by atoms with Crippen molar-refractivity contribution in [3.63, 3.8) is 0 Å². The van der Waals surface area contributed by atoms with Gasteiger partial charge in [-0.05, 0) is 77.1 Å². The Bertz CT molecular complexity index is 1120. The molecule has 0 aliphatic carbocycles. The Morgan fingerprint density at radius 1 is 1.15 bits per heavy atom. The van der Waals surface area contributed by atoms with Crippen LogP contribution < -0.4 is 5.32 Å². The molecule has 174 valence electrons. The number of likely N-dealkylation sites (tertiary alicyclic amines) is 1. The fourth-order valence-corrected chi connectivity index (χ4v) is 4.21. The average Bonchev–Trinajstić information content (AvgIpc) is 3.19. The van der Waals surface area contributed by atoms with Crippen LogP contribution >= 0.6 is 0 Å². The normalized spacial score (nSPS) is 16.6. The summed E-state index contributed by atoms with van der Waals surface area (Å²) in [7, 11) is 0. The molecule has 0 spiro atoms. The lowest BCUT2D eigenvalue weighted by Crippen LogP contribution is -2.46. The van der Waals surface area contributed by atoms with Crippen LogP contribution in [-0.2, 0) is 11.2 Å². The highest BCUT2D eigenvalue weighted by atomic mass is 16.6. The highest BCUT2D eigenvalue weighted by Crippen LogP contribution is 2.27. The molecule has 1 aliphatic heterocycles. The molecule has 0 radical (unpaired) electrons. The summed E-state index contributed by atoms with van der Waals surface area (Å²) in [5, 5.41) is 8.08. The average molecular weight is 450 g/mol. The molecule has 1 saturated heterocycles. The van der Waals surface area contributed by atoms with Crippen LogP contribution in [0.2, 0.25) is 0 Å². The topological polar surface area (TPSA) is 84.7 Å². The van der Waals surface area contributed by atoms with Crippen molar-refractivity contribution < 1.29 is 18.8 Å². The van der Waals surface area contributed by atoms with Gasteiger partial charge in [-0.2, -0.15) is 0 Å². The smallest absolute Gasteiger partial charge is 0.410 e. The lowest BCUT2D eigenvalue weighted by molar-refractivity contribution is 0.00887. The highest BCUT2D eigenvalue weighted by Gasteiger charge is 2.30. The minimum absolute atomic E-state index is 0.129.